The van der Waals surface area contributed by atoms with Crippen molar-refractivity contribution in [1.29, 1.82) is 0 Å². The Morgan fingerprint density at radius 3 is 2.57 bits per heavy atom. The quantitative estimate of drug-likeness (QED) is 0.742. The number of ether oxygens (including phenoxy) is 2. The molecule has 0 spiro atoms. The van der Waals surface area contributed by atoms with E-state index in [2.05, 4.69) is 38.2 Å². The molecule has 0 amide bonds. The topological polar surface area (TPSA) is 30.5 Å². The van der Waals surface area contributed by atoms with Gasteiger partial charge in [-0.2, -0.15) is 0 Å². The van der Waals surface area contributed by atoms with E-state index in [9.17, 15) is 0 Å². The highest BCUT2D eigenvalue weighted by Gasteiger charge is 2.05. The lowest BCUT2D eigenvalue weighted by Crippen LogP contribution is -2.21. The molecule has 0 aromatic heterocycles. The van der Waals surface area contributed by atoms with Crippen LogP contribution in [0.25, 0.3) is 6.08 Å². The normalized spacial score (nSPS) is 11.8. The molecule has 0 saturated carbocycles. The summed E-state index contributed by atoms with van der Waals surface area (Å²) in [7, 11) is 1.67. The maximum atomic E-state index is 5.63. The van der Waals surface area contributed by atoms with E-state index in [0.717, 1.165) is 36.6 Å². The van der Waals surface area contributed by atoms with Gasteiger partial charge in [0.1, 0.15) is 0 Å². The molecule has 0 aliphatic rings. The molecule has 0 unspecified atom stereocenters. The second kappa shape index (κ2) is 9.46. The predicted molar refractivity (Wildman–Crippen MR) is 90.1 cm³/mol. The SMILES string of the molecule is CCOc1cc(C=C(CC)CNCC(C)C)ccc1OC. The Morgan fingerprint density at radius 1 is 1.24 bits per heavy atom. The molecule has 1 rings (SSSR count). The number of benzene rings is 1. The first-order valence-electron chi connectivity index (χ1n) is 7.81. The minimum Gasteiger partial charge on any atom is -0.493 e. The molecule has 0 aliphatic heterocycles. The molecule has 0 fully saturated rings. The molecule has 0 atom stereocenters. The lowest BCUT2D eigenvalue weighted by molar-refractivity contribution is 0.311. The molecule has 1 N–H and O–H groups in total. The number of hydrogen-bond acceptors (Lipinski definition) is 3. The molecule has 118 valence electrons. The monoisotopic (exact) mass is 291 g/mol. The standard InChI is InChI=1S/C18H29NO2/c1-6-15(13-19-12-14(3)4)10-16-8-9-17(20-5)18(11-16)21-7-2/h8-11,14,19H,6-7,12-13H2,1-5H3. The predicted octanol–water partition coefficient (Wildman–Crippen LogP) is 4.13. The lowest BCUT2D eigenvalue weighted by Gasteiger charge is -2.12. The summed E-state index contributed by atoms with van der Waals surface area (Å²) in [5.41, 5.74) is 2.55. The molecular weight excluding hydrogens is 262 g/mol. The average Bonchev–Trinajstić information content (AvgIpc) is 2.46. The van der Waals surface area contributed by atoms with Crippen LogP contribution < -0.4 is 14.8 Å². The highest BCUT2D eigenvalue weighted by Crippen LogP contribution is 2.29. The van der Waals surface area contributed by atoms with Crippen LogP contribution in [-0.4, -0.2) is 26.8 Å². The van der Waals surface area contributed by atoms with Crippen molar-refractivity contribution in [3.8, 4) is 11.5 Å². The van der Waals surface area contributed by atoms with Crippen molar-refractivity contribution in [2.75, 3.05) is 26.8 Å². The van der Waals surface area contributed by atoms with Gasteiger partial charge in [0.25, 0.3) is 0 Å². The van der Waals surface area contributed by atoms with Gasteiger partial charge in [0.05, 0.1) is 13.7 Å². The first-order valence-corrected chi connectivity index (χ1v) is 7.81. The van der Waals surface area contributed by atoms with Crippen LogP contribution in [0.2, 0.25) is 0 Å². The first-order chi connectivity index (χ1) is 10.1. The van der Waals surface area contributed by atoms with E-state index in [1.165, 1.54) is 5.57 Å². The third-order valence-electron chi connectivity index (χ3n) is 3.22. The van der Waals surface area contributed by atoms with Crippen LogP contribution in [0.4, 0.5) is 0 Å². The van der Waals surface area contributed by atoms with Crippen LogP contribution in [0, 0.1) is 5.92 Å². The Hall–Kier alpha value is -1.48. The van der Waals surface area contributed by atoms with Crippen LogP contribution in [0.15, 0.2) is 23.8 Å². The minimum absolute atomic E-state index is 0.639. The summed E-state index contributed by atoms with van der Waals surface area (Å²) in [6.07, 6.45) is 3.27. The Morgan fingerprint density at radius 2 is 2.00 bits per heavy atom. The van der Waals surface area contributed by atoms with Crippen LogP contribution in [-0.2, 0) is 0 Å². The van der Waals surface area contributed by atoms with Gasteiger partial charge in [-0.1, -0.05) is 38.5 Å². The van der Waals surface area contributed by atoms with Crippen LogP contribution in [0.3, 0.4) is 0 Å². The fourth-order valence-electron chi connectivity index (χ4n) is 2.09. The van der Waals surface area contributed by atoms with Crippen molar-refractivity contribution in [1.82, 2.24) is 5.32 Å². The van der Waals surface area contributed by atoms with Gasteiger partial charge in [-0.25, -0.2) is 0 Å². The molecular formula is C18H29NO2. The smallest absolute Gasteiger partial charge is 0.161 e. The molecule has 1 aromatic rings. The molecule has 3 heteroatoms. The Labute approximate surface area is 129 Å². The van der Waals surface area contributed by atoms with Gasteiger partial charge in [-0.05, 0) is 43.5 Å². The molecule has 21 heavy (non-hydrogen) atoms. The van der Waals surface area contributed by atoms with E-state index in [4.69, 9.17) is 9.47 Å². The largest absolute Gasteiger partial charge is 0.493 e. The summed E-state index contributed by atoms with van der Waals surface area (Å²) < 4.78 is 10.9. The molecule has 1 aromatic carbocycles. The summed E-state index contributed by atoms with van der Waals surface area (Å²) in [6.45, 7) is 11.2. The van der Waals surface area contributed by atoms with Crippen molar-refractivity contribution in [3.63, 3.8) is 0 Å². The second-order valence-corrected chi connectivity index (χ2v) is 5.52. The van der Waals surface area contributed by atoms with Crippen LogP contribution in [0.5, 0.6) is 11.5 Å². The fraction of sp³-hybridized carbons (Fsp3) is 0.556. The number of methoxy groups -OCH3 is 1. The minimum atomic E-state index is 0.639. The molecule has 3 nitrogen and oxygen atoms in total. The zero-order valence-corrected chi connectivity index (χ0v) is 14.0. The zero-order chi connectivity index (χ0) is 15.7. The van der Waals surface area contributed by atoms with Gasteiger partial charge in [-0.15, -0.1) is 0 Å². The van der Waals surface area contributed by atoms with Gasteiger partial charge in [0.15, 0.2) is 11.5 Å². The van der Waals surface area contributed by atoms with Crippen LogP contribution >= 0.6 is 0 Å². The highest BCUT2D eigenvalue weighted by atomic mass is 16.5. The Balaban J connectivity index is 2.82. The molecule has 0 heterocycles. The van der Waals surface area contributed by atoms with E-state index in [1.807, 2.05) is 19.1 Å². The Bertz CT molecular complexity index is 453. The number of nitrogens with one attached hydrogen (secondary N) is 1. The lowest BCUT2D eigenvalue weighted by atomic mass is 10.1. The third-order valence-corrected chi connectivity index (χ3v) is 3.22. The summed E-state index contributed by atoms with van der Waals surface area (Å²) >= 11 is 0. The Kier molecular flexibility index (Phi) is 7.91. The molecule has 0 bridgehead atoms. The van der Waals surface area contributed by atoms with Gasteiger partial charge in [-0.3, -0.25) is 0 Å². The van der Waals surface area contributed by atoms with E-state index in [1.54, 1.807) is 7.11 Å². The van der Waals surface area contributed by atoms with Gasteiger partial charge < -0.3 is 14.8 Å². The van der Waals surface area contributed by atoms with E-state index in [-0.39, 0.29) is 0 Å². The fourth-order valence-corrected chi connectivity index (χ4v) is 2.09. The van der Waals surface area contributed by atoms with Crippen molar-refractivity contribution < 1.29 is 9.47 Å². The van der Waals surface area contributed by atoms with Crippen molar-refractivity contribution in [3.05, 3.63) is 29.3 Å². The van der Waals surface area contributed by atoms with E-state index >= 15 is 0 Å². The van der Waals surface area contributed by atoms with Gasteiger partial charge >= 0.3 is 0 Å². The molecule has 0 saturated heterocycles. The second-order valence-electron chi connectivity index (χ2n) is 5.52. The summed E-state index contributed by atoms with van der Waals surface area (Å²) in [6, 6.07) is 6.07. The van der Waals surface area contributed by atoms with E-state index < -0.39 is 0 Å². The molecule has 0 aliphatic carbocycles. The first kappa shape index (κ1) is 17.6. The van der Waals surface area contributed by atoms with Crippen LogP contribution in [0.1, 0.15) is 39.7 Å². The number of hydrogen-bond donors (Lipinski definition) is 1. The van der Waals surface area contributed by atoms with E-state index in [0.29, 0.717) is 12.5 Å². The van der Waals surface area contributed by atoms with Gasteiger partial charge in [0.2, 0.25) is 0 Å². The number of rotatable bonds is 9. The summed E-state index contributed by atoms with van der Waals surface area (Å²) in [4.78, 5) is 0. The summed E-state index contributed by atoms with van der Waals surface area (Å²) in [5.74, 6) is 2.26. The molecule has 0 radical (unpaired) electrons. The zero-order valence-electron chi connectivity index (χ0n) is 14.0. The third kappa shape index (κ3) is 6.21. The summed E-state index contributed by atoms with van der Waals surface area (Å²) in [5, 5.41) is 3.49. The maximum absolute atomic E-state index is 5.63. The van der Waals surface area contributed by atoms with Crippen molar-refractivity contribution in [2.45, 2.75) is 34.1 Å². The highest BCUT2D eigenvalue weighted by molar-refractivity contribution is 5.58. The van der Waals surface area contributed by atoms with Gasteiger partial charge in [0, 0.05) is 6.54 Å². The van der Waals surface area contributed by atoms with Crippen molar-refractivity contribution >= 4 is 6.08 Å². The average molecular weight is 291 g/mol. The van der Waals surface area contributed by atoms with Crippen molar-refractivity contribution in [2.24, 2.45) is 5.92 Å². The maximum Gasteiger partial charge on any atom is 0.161 e.